The summed E-state index contributed by atoms with van der Waals surface area (Å²) in [5.41, 5.74) is 1.67. The minimum Gasteiger partial charge on any atom is -0.497 e. The summed E-state index contributed by atoms with van der Waals surface area (Å²) in [6.07, 6.45) is 1.47. The molecule has 8 heteroatoms. The molecule has 0 N–H and O–H groups in total. The van der Waals surface area contributed by atoms with Gasteiger partial charge in [0.25, 0.3) is 5.56 Å². The van der Waals surface area contributed by atoms with Crippen molar-refractivity contribution < 1.29 is 9.53 Å². The zero-order valence-electron chi connectivity index (χ0n) is 17.6. The molecule has 1 amide bonds. The Balaban J connectivity index is 1.63. The van der Waals surface area contributed by atoms with Crippen LogP contribution in [-0.4, -0.2) is 34.0 Å². The van der Waals surface area contributed by atoms with E-state index in [1.807, 2.05) is 61.0 Å². The van der Waals surface area contributed by atoms with Crippen LogP contribution in [0.4, 0.5) is 0 Å². The lowest BCUT2D eigenvalue weighted by Gasteiger charge is -2.29. The second-order valence-electron chi connectivity index (χ2n) is 7.12. The van der Waals surface area contributed by atoms with Crippen LogP contribution in [0.25, 0.3) is 20.7 Å². The average Bonchev–Trinajstić information content (AvgIpc) is 3.46. The molecule has 3 heterocycles. The quantitative estimate of drug-likeness (QED) is 0.403. The fraction of sp³-hybridized carbons (Fsp3) is 0.261. The molecule has 0 saturated heterocycles. The summed E-state index contributed by atoms with van der Waals surface area (Å²) in [5.74, 6) is 0.617. The molecule has 0 saturated carbocycles. The Kier molecular flexibility index (Phi) is 6.20. The van der Waals surface area contributed by atoms with E-state index in [0.717, 1.165) is 21.8 Å². The third kappa shape index (κ3) is 4.13. The van der Waals surface area contributed by atoms with Gasteiger partial charge >= 0.3 is 0 Å². The van der Waals surface area contributed by atoms with Crippen LogP contribution >= 0.6 is 22.7 Å². The van der Waals surface area contributed by atoms with E-state index in [0.29, 0.717) is 16.8 Å². The molecule has 1 aromatic carbocycles. The summed E-state index contributed by atoms with van der Waals surface area (Å²) in [4.78, 5) is 34.3. The number of thiophene rings is 2. The number of carbonyl (C=O) groups is 1. The second-order valence-corrected chi connectivity index (χ2v) is 8.92. The Morgan fingerprint density at radius 2 is 2.10 bits per heavy atom. The Morgan fingerprint density at radius 1 is 1.26 bits per heavy atom. The maximum Gasteiger partial charge on any atom is 0.263 e. The van der Waals surface area contributed by atoms with E-state index in [1.54, 1.807) is 23.3 Å². The van der Waals surface area contributed by atoms with E-state index < -0.39 is 0 Å². The predicted octanol–water partition coefficient (Wildman–Crippen LogP) is 4.80. The largest absolute Gasteiger partial charge is 0.497 e. The maximum atomic E-state index is 13.2. The lowest BCUT2D eigenvalue weighted by atomic mass is 10.1. The predicted molar refractivity (Wildman–Crippen MR) is 126 cm³/mol. The van der Waals surface area contributed by atoms with Gasteiger partial charge in [-0.3, -0.25) is 14.2 Å². The van der Waals surface area contributed by atoms with Crippen molar-refractivity contribution in [1.82, 2.24) is 14.5 Å². The van der Waals surface area contributed by atoms with Crippen LogP contribution in [0.5, 0.6) is 5.75 Å². The minimum absolute atomic E-state index is 0.0519. The molecule has 0 aliphatic rings. The Morgan fingerprint density at radius 3 is 2.81 bits per heavy atom. The SMILES string of the molecule is CCN(C(=O)Cn1cnc2scc(-c3cccs3)c2c1=O)C(C)c1cccc(OC)c1. The molecule has 0 aliphatic heterocycles. The normalized spacial score (nSPS) is 12.1. The van der Waals surface area contributed by atoms with E-state index >= 15 is 0 Å². The van der Waals surface area contributed by atoms with Crippen molar-refractivity contribution in [2.75, 3.05) is 13.7 Å². The number of nitrogens with zero attached hydrogens (tertiary/aromatic N) is 3. The topological polar surface area (TPSA) is 64.4 Å². The molecule has 1 unspecified atom stereocenters. The number of hydrogen-bond donors (Lipinski definition) is 0. The lowest BCUT2D eigenvalue weighted by molar-refractivity contribution is -0.133. The van der Waals surface area contributed by atoms with Gasteiger partial charge < -0.3 is 9.64 Å². The van der Waals surface area contributed by atoms with Gasteiger partial charge in [-0.2, -0.15) is 0 Å². The Labute approximate surface area is 188 Å². The molecule has 0 bridgehead atoms. The van der Waals surface area contributed by atoms with Crippen LogP contribution in [0.1, 0.15) is 25.5 Å². The van der Waals surface area contributed by atoms with Gasteiger partial charge in [0.2, 0.25) is 5.91 Å². The molecule has 31 heavy (non-hydrogen) atoms. The molecule has 1 atom stereocenters. The van der Waals surface area contributed by atoms with Gasteiger partial charge in [0.05, 0.1) is 24.9 Å². The summed E-state index contributed by atoms with van der Waals surface area (Å²) in [5, 5.41) is 4.52. The molecule has 0 aliphatic carbocycles. The first-order valence-corrected chi connectivity index (χ1v) is 11.7. The molecule has 0 radical (unpaired) electrons. The summed E-state index contributed by atoms with van der Waals surface area (Å²) in [6, 6.07) is 11.5. The summed E-state index contributed by atoms with van der Waals surface area (Å²) in [7, 11) is 1.62. The van der Waals surface area contributed by atoms with Crippen molar-refractivity contribution in [3.8, 4) is 16.2 Å². The minimum atomic E-state index is -0.187. The fourth-order valence-electron chi connectivity index (χ4n) is 3.68. The molecular weight excluding hydrogens is 430 g/mol. The van der Waals surface area contributed by atoms with Crippen LogP contribution in [0.15, 0.2) is 58.3 Å². The van der Waals surface area contributed by atoms with Gasteiger partial charge in [0.15, 0.2) is 0 Å². The molecule has 4 aromatic rings. The van der Waals surface area contributed by atoms with Crippen LogP contribution in [0, 0.1) is 0 Å². The molecule has 0 spiro atoms. The zero-order chi connectivity index (χ0) is 22.0. The molecule has 3 aromatic heterocycles. The van der Waals surface area contributed by atoms with Crippen molar-refractivity contribution in [1.29, 1.82) is 0 Å². The van der Waals surface area contributed by atoms with Gasteiger partial charge in [0, 0.05) is 22.4 Å². The van der Waals surface area contributed by atoms with Gasteiger partial charge in [-0.1, -0.05) is 18.2 Å². The monoisotopic (exact) mass is 453 g/mol. The lowest BCUT2D eigenvalue weighted by Crippen LogP contribution is -2.38. The number of rotatable bonds is 7. The van der Waals surface area contributed by atoms with E-state index in [2.05, 4.69) is 4.98 Å². The zero-order valence-corrected chi connectivity index (χ0v) is 19.2. The van der Waals surface area contributed by atoms with Gasteiger partial charge in [-0.15, -0.1) is 22.7 Å². The summed E-state index contributed by atoms with van der Waals surface area (Å²) in [6.45, 7) is 4.39. The molecular formula is C23H23N3O3S2. The molecule has 0 fully saturated rings. The second kappa shape index (κ2) is 9.03. The summed E-state index contributed by atoms with van der Waals surface area (Å²) < 4.78 is 6.72. The van der Waals surface area contributed by atoms with Crippen LogP contribution in [0.3, 0.4) is 0 Å². The number of likely N-dealkylation sites (N-methyl/N-ethyl adjacent to an activating group) is 1. The number of carbonyl (C=O) groups excluding carboxylic acids is 1. The standard InChI is InChI=1S/C23H23N3O3S2/c1-4-26(15(2)16-7-5-8-17(11-16)29-3)20(27)12-25-14-24-22-21(23(25)28)18(13-31-22)19-9-6-10-30-19/h5-11,13-15H,4,12H2,1-3H3. The average molecular weight is 454 g/mol. The highest BCUT2D eigenvalue weighted by molar-refractivity contribution is 7.18. The first kappa shape index (κ1) is 21.3. The van der Waals surface area contributed by atoms with Gasteiger partial charge in [-0.05, 0) is 43.0 Å². The molecule has 6 nitrogen and oxygen atoms in total. The maximum absolute atomic E-state index is 13.2. The Bertz CT molecular complexity index is 1260. The fourth-order valence-corrected chi connectivity index (χ4v) is 5.40. The summed E-state index contributed by atoms with van der Waals surface area (Å²) >= 11 is 3.03. The Hall–Kier alpha value is -2.97. The number of benzene rings is 1. The van der Waals surface area contributed by atoms with Crippen LogP contribution < -0.4 is 10.3 Å². The van der Waals surface area contributed by atoms with E-state index in [9.17, 15) is 9.59 Å². The third-order valence-corrected chi connectivity index (χ3v) is 7.15. The van der Waals surface area contributed by atoms with Crippen molar-refractivity contribution >= 4 is 38.8 Å². The van der Waals surface area contributed by atoms with E-state index in [-0.39, 0.29) is 24.1 Å². The van der Waals surface area contributed by atoms with Gasteiger partial charge in [-0.25, -0.2) is 4.98 Å². The highest BCUT2D eigenvalue weighted by Crippen LogP contribution is 2.33. The number of aromatic nitrogens is 2. The highest BCUT2D eigenvalue weighted by Gasteiger charge is 2.22. The number of hydrogen-bond acceptors (Lipinski definition) is 6. The van der Waals surface area contributed by atoms with E-state index in [4.69, 9.17) is 4.74 Å². The van der Waals surface area contributed by atoms with Crippen molar-refractivity contribution in [2.45, 2.75) is 26.4 Å². The van der Waals surface area contributed by atoms with Gasteiger partial charge in [0.1, 0.15) is 17.1 Å². The number of methoxy groups -OCH3 is 1. The molecule has 160 valence electrons. The van der Waals surface area contributed by atoms with Crippen molar-refractivity contribution in [2.24, 2.45) is 0 Å². The first-order chi connectivity index (χ1) is 15.0. The number of amides is 1. The third-order valence-electron chi connectivity index (χ3n) is 5.36. The van der Waals surface area contributed by atoms with Crippen LogP contribution in [0.2, 0.25) is 0 Å². The van der Waals surface area contributed by atoms with E-state index in [1.165, 1.54) is 22.2 Å². The number of fused-ring (bicyclic) bond motifs is 1. The van der Waals surface area contributed by atoms with Crippen LogP contribution in [-0.2, 0) is 11.3 Å². The smallest absolute Gasteiger partial charge is 0.263 e. The van der Waals surface area contributed by atoms with Crippen molar-refractivity contribution in [3.05, 3.63) is 69.4 Å². The number of ether oxygens (including phenoxy) is 1. The highest BCUT2D eigenvalue weighted by atomic mass is 32.1. The molecule has 4 rings (SSSR count). The first-order valence-electron chi connectivity index (χ1n) is 9.97. The van der Waals surface area contributed by atoms with Crippen molar-refractivity contribution in [3.63, 3.8) is 0 Å².